The van der Waals surface area contributed by atoms with Crippen LogP contribution in [0, 0.1) is 5.92 Å². The topological polar surface area (TPSA) is 46.2 Å². The van der Waals surface area contributed by atoms with Crippen LogP contribution in [0.1, 0.15) is 6.92 Å². The minimum atomic E-state index is -0.0961. The van der Waals surface area contributed by atoms with Crippen molar-refractivity contribution in [2.24, 2.45) is 5.92 Å². The number of nitrogens with one attached hydrogen (secondary N) is 1. The Balaban J connectivity index is 2.11. The van der Waals surface area contributed by atoms with Crippen LogP contribution in [0.25, 0.3) is 0 Å². The molecule has 0 radical (unpaired) electrons. The zero-order valence-electron chi connectivity index (χ0n) is 8.20. The summed E-state index contributed by atoms with van der Waals surface area (Å²) < 4.78 is 0. The predicted molar refractivity (Wildman–Crippen MR) is 54.6 cm³/mol. The van der Waals surface area contributed by atoms with E-state index >= 15 is 0 Å². The molecule has 0 atom stereocenters. The highest BCUT2D eigenvalue weighted by atomic mass is 16.1. The number of dihydropyridines is 1. The van der Waals surface area contributed by atoms with Crippen LogP contribution in [0.5, 0.6) is 0 Å². The quantitative estimate of drug-likeness (QED) is 0.633. The summed E-state index contributed by atoms with van der Waals surface area (Å²) in [6.45, 7) is 1.90. The first-order valence-electron chi connectivity index (χ1n) is 4.88. The number of allylic oxidation sites excluding steroid dienone is 6. The molecule has 0 aromatic heterocycles. The normalized spacial score (nSPS) is 23.8. The summed E-state index contributed by atoms with van der Waals surface area (Å²) in [6.07, 6.45) is 6.64. The summed E-state index contributed by atoms with van der Waals surface area (Å²) >= 11 is 0. The summed E-state index contributed by atoms with van der Waals surface area (Å²) in [5.41, 5.74) is 3.10. The van der Waals surface area contributed by atoms with Crippen molar-refractivity contribution in [1.29, 1.82) is 0 Å². The highest BCUT2D eigenvalue weighted by Gasteiger charge is 2.35. The molecule has 74 valence electrons. The van der Waals surface area contributed by atoms with Crippen LogP contribution in [-0.4, -0.2) is 11.6 Å². The lowest BCUT2D eigenvalue weighted by molar-refractivity contribution is -0.112. The molecular weight excluding hydrogens is 190 g/mol. The van der Waals surface area contributed by atoms with Gasteiger partial charge < -0.3 is 5.32 Å². The second-order valence-corrected chi connectivity index (χ2v) is 3.90. The zero-order chi connectivity index (χ0) is 10.6. The molecule has 0 unspecified atom stereocenters. The zero-order valence-corrected chi connectivity index (χ0v) is 8.20. The maximum atomic E-state index is 11.6. The molecule has 0 aromatic rings. The maximum Gasteiger partial charge on any atom is 0.184 e. The average molecular weight is 199 g/mol. The Hall–Kier alpha value is -1.90. The van der Waals surface area contributed by atoms with Crippen LogP contribution < -0.4 is 5.32 Å². The molecule has 0 amide bonds. The van der Waals surface area contributed by atoms with E-state index in [0.717, 1.165) is 11.4 Å². The number of rotatable bonds is 0. The largest absolute Gasteiger partial charge is 0.355 e. The molecule has 0 fully saturated rings. The molecule has 0 saturated heterocycles. The van der Waals surface area contributed by atoms with E-state index in [1.807, 2.05) is 6.92 Å². The van der Waals surface area contributed by atoms with Crippen molar-refractivity contribution in [2.75, 3.05) is 0 Å². The van der Waals surface area contributed by atoms with Crippen molar-refractivity contribution < 1.29 is 9.59 Å². The van der Waals surface area contributed by atoms with Crippen molar-refractivity contribution in [2.45, 2.75) is 6.92 Å². The number of hydrogen-bond acceptors (Lipinski definition) is 3. The summed E-state index contributed by atoms with van der Waals surface area (Å²) in [5, 5.41) is 3.11. The van der Waals surface area contributed by atoms with Gasteiger partial charge in [0.1, 0.15) is 0 Å². The Morgan fingerprint density at radius 2 is 1.40 bits per heavy atom. The fraction of sp³-hybridized carbons (Fsp3) is 0.167. The van der Waals surface area contributed by atoms with E-state index in [1.54, 1.807) is 24.3 Å². The first kappa shape index (κ1) is 8.41. The monoisotopic (exact) mass is 199 g/mol. The molecule has 3 aliphatic rings. The summed E-state index contributed by atoms with van der Waals surface area (Å²) in [6, 6.07) is 0. The Labute approximate surface area is 86.9 Å². The van der Waals surface area contributed by atoms with Crippen LogP contribution in [-0.2, 0) is 9.59 Å². The molecule has 2 aliphatic carbocycles. The fourth-order valence-electron chi connectivity index (χ4n) is 2.34. The van der Waals surface area contributed by atoms with E-state index in [0.29, 0.717) is 11.1 Å². The van der Waals surface area contributed by atoms with E-state index in [1.165, 1.54) is 0 Å². The van der Waals surface area contributed by atoms with E-state index in [2.05, 4.69) is 5.32 Å². The molecule has 1 heterocycles. The molecule has 1 aliphatic heterocycles. The lowest BCUT2D eigenvalue weighted by atomic mass is 9.86. The number of carbonyl (C=O) groups excluding carboxylic acids is 2. The minimum Gasteiger partial charge on any atom is -0.355 e. The van der Waals surface area contributed by atoms with Crippen molar-refractivity contribution >= 4 is 11.6 Å². The molecule has 0 aromatic carbocycles. The summed E-state index contributed by atoms with van der Waals surface area (Å²) in [7, 11) is 0. The van der Waals surface area contributed by atoms with Crippen LogP contribution >= 0.6 is 0 Å². The molecule has 3 nitrogen and oxygen atoms in total. The van der Waals surface area contributed by atoms with Crippen molar-refractivity contribution in [3.8, 4) is 0 Å². The van der Waals surface area contributed by atoms with Gasteiger partial charge >= 0.3 is 0 Å². The number of carbonyl (C=O) groups is 2. The van der Waals surface area contributed by atoms with Crippen LogP contribution in [0.3, 0.4) is 0 Å². The van der Waals surface area contributed by atoms with Crippen LogP contribution in [0.2, 0.25) is 0 Å². The first-order chi connectivity index (χ1) is 7.18. The molecule has 15 heavy (non-hydrogen) atoms. The molecular formula is C12H9NO2. The second kappa shape index (κ2) is 2.57. The third-order valence-corrected chi connectivity index (χ3v) is 3.05. The van der Waals surface area contributed by atoms with Crippen molar-refractivity contribution in [3.05, 3.63) is 46.8 Å². The third-order valence-electron chi connectivity index (χ3n) is 3.05. The Kier molecular flexibility index (Phi) is 1.44. The third kappa shape index (κ3) is 0.947. The van der Waals surface area contributed by atoms with Gasteiger partial charge in [-0.15, -0.1) is 0 Å². The van der Waals surface area contributed by atoms with Gasteiger partial charge in [-0.2, -0.15) is 0 Å². The van der Waals surface area contributed by atoms with Gasteiger partial charge in [-0.25, -0.2) is 0 Å². The Bertz CT molecular complexity index is 472. The van der Waals surface area contributed by atoms with Gasteiger partial charge in [-0.3, -0.25) is 9.59 Å². The van der Waals surface area contributed by atoms with Gasteiger partial charge in [0.15, 0.2) is 11.6 Å². The lowest BCUT2D eigenvalue weighted by Gasteiger charge is -2.23. The predicted octanol–water partition coefficient (Wildman–Crippen LogP) is 1.01. The number of ketones is 2. The average Bonchev–Trinajstić information content (AvgIpc) is 2.73. The standard InChI is InChI=1S/C12H9NO2/c1-6-11-7(2-4-9(11)14)13-8-3-5-10(15)12(6)8/h2-6,13H,1H3. The van der Waals surface area contributed by atoms with E-state index in [-0.39, 0.29) is 17.5 Å². The van der Waals surface area contributed by atoms with Gasteiger partial charge in [0.25, 0.3) is 0 Å². The number of hydrogen-bond donors (Lipinski definition) is 1. The van der Waals surface area contributed by atoms with E-state index < -0.39 is 0 Å². The van der Waals surface area contributed by atoms with Gasteiger partial charge in [0.05, 0.1) is 0 Å². The SMILES string of the molecule is CC1C2=C(C=CC2=O)NC2=C1C(=O)C=C2. The first-order valence-corrected chi connectivity index (χ1v) is 4.88. The van der Waals surface area contributed by atoms with Gasteiger partial charge in [0, 0.05) is 28.5 Å². The van der Waals surface area contributed by atoms with Gasteiger partial charge in [0.2, 0.25) is 0 Å². The molecule has 3 rings (SSSR count). The Morgan fingerprint density at radius 3 is 1.87 bits per heavy atom. The van der Waals surface area contributed by atoms with Gasteiger partial charge in [-0.05, 0) is 24.3 Å². The maximum absolute atomic E-state index is 11.6. The highest BCUT2D eigenvalue weighted by Crippen LogP contribution is 2.36. The van der Waals surface area contributed by atoms with E-state index in [4.69, 9.17) is 0 Å². The molecule has 1 N–H and O–H groups in total. The van der Waals surface area contributed by atoms with Crippen molar-refractivity contribution in [3.63, 3.8) is 0 Å². The summed E-state index contributed by atoms with van der Waals surface area (Å²) in [4.78, 5) is 23.2. The van der Waals surface area contributed by atoms with E-state index in [9.17, 15) is 9.59 Å². The van der Waals surface area contributed by atoms with Crippen molar-refractivity contribution in [1.82, 2.24) is 5.32 Å². The molecule has 0 spiro atoms. The Morgan fingerprint density at radius 1 is 0.933 bits per heavy atom. The smallest absolute Gasteiger partial charge is 0.184 e. The lowest BCUT2D eigenvalue weighted by Crippen LogP contribution is -2.26. The minimum absolute atomic E-state index is 0.0104. The molecule has 0 saturated carbocycles. The van der Waals surface area contributed by atoms with Crippen LogP contribution in [0.4, 0.5) is 0 Å². The van der Waals surface area contributed by atoms with Crippen LogP contribution in [0.15, 0.2) is 46.8 Å². The van der Waals surface area contributed by atoms with Gasteiger partial charge in [-0.1, -0.05) is 6.92 Å². The molecule has 0 bridgehead atoms. The molecule has 3 heteroatoms. The fourth-order valence-corrected chi connectivity index (χ4v) is 2.34. The second-order valence-electron chi connectivity index (χ2n) is 3.90. The highest BCUT2D eigenvalue weighted by molar-refractivity contribution is 6.14. The summed E-state index contributed by atoms with van der Waals surface area (Å²) in [5.74, 6) is -0.0752.